The second kappa shape index (κ2) is 7.83. The zero-order chi connectivity index (χ0) is 18.6. The maximum absolute atomic E-state index is 12.7. The Bertz CT molecular complexity index is 815. The second-order valence-electron chi connectivity index (χ2n) is 4.71. The molecule has 5 nitrogen and oxygen atoms in total. The Morgan fingerprint density at radius 3 is 2.60 bits per heavy atom. The molecule has 1 N–H and O–H groups in total. The van der Waals surface area contributed by atoms with Crippen molar-refractivity contribution in [3.8, 4) is 0 Å². The summed E-state index contributed by atoms with van der Waals surface area (Å²) in [5.74, 6) is -1.64. The molecule has 0 spiro atoms. The molecule has 0 radical (unpaired) electrons. The molecule has 2 aromatic rings. The summed E-state index contributed by atoms with van der Waals surface area (Å²) in [5.41, 5.74) is -1.09. The maximum atomic E-state index is 12.7. The van der Waals surface area contributed by atoms with Gasteiger partial charge in [-0.3, -0.25) is 9.78 Å². The topological polar surface area (TPSA) is 68.3 Å². The fourth-order valence-electron chi connectivity index (χ4n) is 1.72. The highest BCUT2D eigenvalue weighted by atomic mass is 79.9. The predicted octanol–water partition coefficient (Wildman–Crippen LogP) is 4.31. The molecule has 1 heterocycles. The number of halogens is 5. The second-order valence-corrected chi connectivity index (χ2v) is 6.03. The van der Waals surface area contributed by atoms with E-state index in [0.29, 0.717) is 10.5 Å². The molecule has 0 aliphatic heterocycles. The molecule has 132 valence electrons. The van der Waals surface area contributed by atoms with Crippen molar-refractivity contribution in [3.05, 3.63) is 57.3 Å². The molecule has 0 fully saturated rings. The van der Waals surface area contributed by atoms with Gasteiger partial charge in [0, 0.05) is 16.9 Å². The molecule has 1 aromatic carbocycles. The number of anilines is 1. The van der Waals surface area contributed by atoms with Gasteiger partial charge in [-0.2, -0.15) is 13.2 Å². The number of benzene rings is 1. The third-order valence-electron chi connectivity index (χ3n) is 2.84. The van der Waals surface area contributed by atoms with Crippen molar-refractivity contribution < 1.29 is 27.5 Å². The number of hydrogen-bond acceptors (Lipinski definition) is 4. The van der Waals surface area contributed by atoms with Crippen LogP contribution in [0, 0.1) is 0 Å². The predicted molar refractivity (Wildman–Crippen MR) is 87.3 cm³/mol. The van der Waals surface area contributed by atoms with E-state index in [0.717, 1.165) is 12.1 Å². The van der Waals surface area contributed by atoms with Gasteiger partial charge in [0.2, 0.25) is 0 Å². The first-order chi connectivity index (χ1) is 11.7. The number of ether oxygens (including phenoxy) is 1. The number of carbonyl (C=O) groups excluding carboxylic acids is 2. The van der Waals surface area contributed by atoms with Crippen LogP contribution in [0.15, 0.2) is 41.1 Å². The Kier molecular flexibility index (Phi) is 6.02. The van der Waals surface area contributed by atoms with Crippen molar-refractivity contribution in [1.29, 1.82) is 0 Å². The van der Waals surface area contributed by atoms with Gasteiger partial charge < -0.3 is 10.1 Å². The molecular formula is C15H9BrClF3N2O3. The first-order valence-corrected chi connectivity index (χ1v) is 7.78. The van der Waals surface area contributed by atoms with E-state index < -0.39 is 30.2 Å². The largest absolute Gasteiger partial charge is 0.452 e. The minimum Gasteiger partial charge on any atom is -0.452 e. The molecule has 1 amide bonds. The van der Waals surface area contributed by atoms with Gasteiger partial charge in [-0.05, 0) is 40.2 Å². The number of carbonyl (C=O) groups is 2. The SMILES string of the molecule is O=C(COC(=O)c1cncc(Br)c1)Nc1cc(C(F)(F)F)ccc1Cl. The highest BCUT2D eigenvalue weighted by molar-refractivity contribution is 9.10. The molecular weight excluding hydrogens is 429 g/mol. The van der Waals surface area contributed by atoms with E-state index in [4.69, 9.17) is 16.3 Å². The Labute approximate surface area is 153 Å². The van der Waals surface area contributed by atoms with Crippen molar-refractivity contribution in [2.45, 2.75) is 6.18 Å². The van der Waals surface area contributed by atoms with Crippen LogP contribution in [0.5, 0.6) is 0 Å². The van der Waals surface area contributed by atoms with Crippen LogP contribution in [0.4, 0.5) is 18.9 Å². The van der Waals surface area contributed by atoms with Crippen LogP contribution < -0.4 is 5.32 Å². The number of rotatable bonds is 4. The quantitative estimate of drug-likeness (QED) is 0.724. The lowest BCUT2D eigenvalue weighted by molar-refractivity contribution is -0.137. The normalized spacial score (nSPS) is 11.1. The number of esters is 1. The lowest BCUT2D eigenvalue weighted by Crippen LogP contribution is -2.21. The molecule has 0 bridgehead atoms. The third kappa shape index (κ3) is 5.43. The first-order valence-electron chi connectivity index (χ1n) is 6.61. The summed E-state index contributed by atoms with van der Waals surface area (Å²) in [4.78, 5) is 27.3. The van der Waals surface area contributed by atoms with E-state index >= 15 is 0 Å². The van der Waals surface area contributed by atoms with E-state index in [1.54, 1.807) is 0 Å². The van der Waals surface area contributed by atoms with Crippen LogP contribution >= 0.6 is 27.5 Å². The number of nitrogens with zero attached hydrogens (tertiary/aromatic N) is 1. The molecule has 0 atom stereocenters. The third-order valence-corrected chi connectivity index (χ3v) is 3.61. The van der Waals surface area contributed by atoms with Crippen LogP contribution in [0.1, 0.15) is 15.9 Å². The average Bonchev–Trinajstić information content (AvgIpc) is 2.53. The minimum absolute atomic E-state index is 0.0798. The summed E-state index contributed by atoms with van der Waals surface area (Å²) in [6.07, 6.45) is -1.88. The Hall–Kier alpha value is -2.13. The highest BCUT2D eigenvalue weighted by Crippen LogP contribution is 2.33. The standard InChI is InChI=1S/C15H9BrClF3N2O3/c16-10-3-8(5-21-6-10)14(24)25-7-13(23)22-12-4-9(15(18,19)20)1-2-11(12)17/h1-6H,7H2,(H,22,23). The van der Waals surface area contributed by atoms with Crippen LogP contribution in [0.2, 0.25) is 5.02 Å². The van der Waals surface area contributed by atoms with E-state index in [1.165, 1.54) is 18.5 Å². The first kappa shape index (κ1) is 19.2. The van der Waals surface area contributed by atoms with E-state index in [9.17, 15) is 22.8 Å². The summed E-state index contributed by atoms with van der Waals surface area (Å²) in [7, 11) is 0. The number of aromatic nitrogens is 1. The van der Waals surface area contributed by atoms with Crippen molar-refractivity contribution in [1.82, 2.24) is 4.98 Å². The summed E-state index contributed by atoms with van der Waals surface area (Å²) in [5, 5.41) is 2.09. The number of pyridine rings is 1. The molecule has 0 aliphatic rings. The van der Waals surface area contributed by atoms with Gasteiger partial charge in [0.05, 0.1) is 21.8 Å². The zero-order valence-corrected chi connectivity index (χ0v) is 14.6. The lowest BCUT2D eigenvalue weighted by atomic mass is 10.2. The van der Waals surface area contributed by atoms with Gasteiger partial charge in [0.15, 0.2) is 6.61 Å². The fraction of sp³-hybridized carbons (Fsp3) is 0.133. The van der Waals surface area contributed by atoms with Crippen molar-refractivity contribution in [2.24, 2.45) is 0 Å². The van der Waals surface area contributed by atoms with Crippen molar-refractivity contribution >= 4 is 45.1 Å². The lowest BCUT2D eigenvalue weighted by Gasteiger charge is -2.11. The van der Waals surface area contributed by atoms with E-state index in [1.807, 2.05) is 0 Å². The van der Waals surface area contributed by atoms with Crippen LogP contribution in [0.25, 0.3) is 0 Å². The molecule has 0 unspecified atom stereocenters. The summed E-state index contributed by atoms with van der Waals surface area (Å²) < 4.78 is 43.3. The number of hydrogen-bond donors (Lipinski definition) is 1. The molecule has 1 aromatic heterocycles. The fourth-order valence-corrected chi connectivity index (χ4v) is 2.25. The number of amides is 1. The zero-order valence-electron chi connectivity index (χ0n) is 12.2. The Morgan fingerprint density at radius 1 is 1.24 bits per heavy atom. The molecule has 25 heavy (non-hydrogen) atoms. The van der Waals surface area contributed by atoms with Crippen LogP contribution in [0.3, 0.4) is 0 Å². The molecule has 0 saturated heterocycles. The Balaban J connectivity index is 2.00. The van der Waals surface area contributed by atoms with Crippen LogP contribution in [-0.2, 0) is 15.7 Å². The average molecular weight is 438 g/mol. The van der Waals surface area contributed by atoms with Crippen LogP contribution in [-0.4, -0.2) is 23.5 Å². The maximum Gasteiger partial charge on any atom is 0.416 e. The smallest absolute Gasteiger partial charge is 0.416 e. The summed E-state index contributed by atoms with van der Waals surface area (Å²) in [6, 6.07) is 3.94. The highest BCUT2D eigenvalue weighted by Gasteiger charge is 2.31. The molecule has 2 rings (SSSR count). The monoisotopic (exact) mass is 436 g/mol. The van der Waals surface area contributed by atoms with Gasteiger partial charge >= 0.3 is 12.1 Å². The molecule has 0 aliphatic carbocycles. The van der Waals surface area contributed by atoms with Crippen molar-refractivity contribution in [2.75, 3.05) is 11.9 Å². The van der Waals surface area contributed by atoms with Gasteiger partial charge in [-0.25, -0.2) is 4.79 Å². The van der Waals surface area contributed by atoms with Gasteiger partial charge in [-0.15, -0.1) is 0 Å². The van der Waals surface area contributed by atoms with Gasteiger partial charge in [0.25, 0.3) is 5.91 Å². The summed E-state index contributed by atoms with van der Waals surface area (Å²) >= 11 is 8.89. The summed E-state index contributed by atoms with van der Waals surface area (Å²) in [6.45, 7) is -0.697. The molecule has 0 saturated carbocycles. The number of nitrogens with one attached hydrogen (secondary N) is 1. The van der Waals surface area contributed by atoms with E-state index in [2.05, 4.69) is 26.2 Å². The van der Waals surface area contributed by atoms with Gasteiger partial charge in [-0.1, -0.05) is 11.6 Å². The number of alkyl halides is 3. The minimum atomic E-state index is -4.58. The Morgan fingerprint density at radius 2 is 1.96 bits per heavy atom. The van der Waals surface area contributed by atoms with E-state index in [-0.39, 0.29) is 16.3 Å². The molecule has 10 heteroatoms. The van der Waals surface area contributed by atoms with Crippen molar-refractivity contribution in [3.63, 3.8) is 0 Å². The van der Waals surface area contributed by atoms with Gasteiger partial charge in [0.1, 0.15) is 0 Å².